The number of anilines is 1. The number of esters is 1. The molecule has 1 aliphatic rings. The Morgan fingerprint density at radius 3 is 2.67 bits per heavy atom. The highest BCUT2D eigenvalue weighted by Crippen LogP contribution is 2.36. The third-order valence-electron chi connectivity index (χ3n) is 3.99. The first-order valence-electron chi connectivity index (χ1n) is 7.57. The molecule has 0 saturated heterocycles. The highest BCUT2D eigenvalue weighted by atomic mass is 19.1. The molecular weight excluding hydrogens is 311 g/mol. The van der Waals surface area contributed by atoms with E-state index < -0.39 is 23.9 Å². The van der Waals surface area contributed by atoms with Gasteiger partial charge in [-0.1, -0.05) is 42.5 Å². The molecule has 3 rings (SSSR count). The van der Waals surface area contributed by atoms with Gasteiger partial charge in [0.15, 0.2) is 0 Å². The minimum absolute atomic E-state index is 0.0438. The van der Waals surface area contributed by atoms with Gasteiger partial charge in [0, 0.05) is 5.56 Å². The van der Waals surface area contributed by atoms with Crippen molar-refractivity contribution >= 4 is 17.7 Å². The Labute approximate surface area is 139 Å². The summed E-state index contributed by atoms with van der Waals surface area (Å²) in [6.07, 6.45) is -0.0438. The third kappa shape index (κ3) is 3.08. The molecule has 1 heterocycles. The minimum atomic E-state index is -0.609. The molecular formula is C18H17FN2O3. The van der Waals surface area contributed by atoms with Crippen LogP contribution in [0.4, 0.5) is 14.9 Å². The average Bonchev–Trinajstić information content (AvgIpc) is 2.59. The fraction of sp³-hybridized carbons (Fsp3) is 0.222. The number of nitrogens with zero attached hydrogens (tertiary/aromatic N) is 1. The van der Waals surface area contributed by atoms with Gasteiger partial charge in [0.25, 0.3) is 0 Å². The number of benzene rings is 2. The van der Waals surface area contributed by atoms with E-state index in [-0.39, 0.29) is 18.7 Å². The Bertz CT molecular complexity index is 764. The number of nitrogens with one attached hydrogen (secondary N) is 1. The maximum Gasteiger partial charge on any atom is 0.322 e. The van der Waals surface area contributed by atoms with Crippen LogP contribution in [0.15, 0.2) is 48.5 Å². The monoisotopic (exact) mass is 328 g/mol. The zero-order chi connectivity index (χ0) is 17.1. The van der Waals surface area contributed by atoms with Crippen LogP contribution in [0, 0.1) is 5.82 Å². The highest BCUT2D eigenvalue weighted by molar-refractivity contribution is 5.96. The first kappa shape index (κ1) is 16.0. The van der Waals surface area contributed by atoms with Gasteiger partial charge in [-0.3, -0.25) is 9.69 Å². The van der Waals surface area contributed by atoms with E-state index in [1.54, 1.807) is 12.1 Å². The van der Waals surface area contributed by atoms with Gasteiger partial charge < -0.3 is 10.1 Å². The van der Waals surface area contributed by atoms with Crippen molar-refractivity contribution in [2.24, 2.45) is 0 Å². The summed E-state index contributed by atoms with van der Waals surface area (Å²) in [6.45, 7) is 0.242. The second-order valence-electron chi connectivity index (χ2n) is 5.53. The van der Waals surface area contributed by atoms with Crippen LogP contribution in [0.3, 0.4) is 0 Å². The summed E-state index contributed by atoms with van der Waals surface area (Å²) < 4.78 is 19.1. The quantitative estimate of drug-likeness (QED) is 0.877. The zero-order valence-corrected chi connectivity index (χ0v) is 13.2. The molecule has 1 aliphatic heterocycles. The van der Waals surface area contributed by atoms with Gasteiger partial charge in [-0.2, -0.15) is 0 Å². The van der Waals surface area contributed by atoms with Crippen molar-refractivity contribution in [1.82, 2.24) is 5.32 Å². The number of ether oxygens (including phenoxy) is 1. The molecule has 6 heteroatoms. The zero-order valence-electron chi connectivity index (χ0n) is 13.2. The summed E-state index contributed by atoms with van der Waals surface area (Å²) in [6, 6.07) is 12.9. The molecule has 0 aliphatic carbocycles. The number of hydrogen-bond acceptors (Lipinski definition) is 3. The van der Waals surface area contributed by atoms with Crippen molar-refractivity contribution in [2.75, 3.05) is 12.0 Å². The molecule has 124 valence electrons. The summed E-state index contributed by atoms with van der Waals surface area (Å²) in [5.41, 5.74) is 1.66. The van der Waals surface area contributed by atoms with E-state index in [9.17, 15) is 14.0 Å². The fourth-order valence-corrected chi connectivity index (χ4v) is 2.83. The second-order valence-corrected chi connectivity index (χ2v) is 5.53. The molecule has 0 radical (unpaired) electrons. The first-order chi connectivity index (χ1) is 11.6. The Balaban J connectivity index is 1.98. The molecule has 24 heavy (non-hydrogen) atoms. The molecule has 2 amide bonds. The summed E-state index contributed by atoms with van der Waals surface area (Å²) in [7, 11) is 1.28. The molecule has 0 bridgehead atoms. The summed E-state index contributed by atoms with van der Waals surface area (Å²) in [5, 5.41) is 2.75. The lowest BCUT2D eigenvalue weighted by atomic mass is 9.98. The van der Waals surface area contributed by atoms with Crippen LogP contribution in [0.1, 0.15) is 23.6 Å². The molecule has 0 spiro atoms. The largest absolute Gasteiger partial charge is 0.469 e. The van der Waals surface area contributed by atoms with E-state index in [0.29, 0.717) is 5.56 Å². The van der Waals surface area contributed by atoms with Crippen LogP contribution in [0.5, 0.6) is 0 Å². The topological polar surface area (TPSA) is 58.6 Å². The van der Waals surface area contributed by atoms with Gasteiger partial charge in [-0.05, 0) is 11.6 Å². The number of methoxy groups -OCH3 is 1. The van der Waals surface area contributed by atoms with Gasteiger partial charge in [0.1, 0.15) is 5.82 Å². The molecule has 5 nitrogen and oxygen atoms in total. The number of rotatable bonds is 4. The summed E-state index contributed by atoms with van der Waals surface area (Å²) >= 11 is 0. The van der Waals surface area contributed by atoms with Crippen molar-refractivity contribution < 1.29 is 18.7 Å². The maximum atomic E-state index is 14.5. The third-order valence-corrected chi connectivity index (χ3v) is 3.99. The average molecular weight is 328 g/mol. The predicted molar refractivity (Wildman–Crippen MR) is 86.9 cm³/mol. The van der Waals surface area contributed by atoms with Crippen molar-refractivity contribution in [3.05, 3.63) is 65.5 Å². The molecule has 0 fully saturated rings. The molecule has 0 saturated carbocycles. The number of fused-ring (bicyclic) bond motifs is 1. The standard InChI is InChI=1S/C18H17FN2O3/c1-24-16(22)10-15-13-8-5-9-14(19)17(13)21(18(23)20-15)11-12-6-3-2-4-7-12/h2-9,15H,10-11H2,1H3,(H,20,23)/t15-/m0/s1. The second kappa shape index (κ2) is 6.70. The van der Waals surface area contributed by atoms with Crippen LogP contribution >= 0.6 is 0 Å². The van der Waals surface area contributed by atoms with Crippen LogP contribution in [0.2, 0.25) is 0 Å². The van der Waals surface area contributed by atoms with Crippen LogP contribution < -0.4 is 10.2 Å². The predicted octanol–water partition coefficient (Wildman–Crippen LogP) is 3.16. The SMILES string of the molecule is COC(=O)C[C@@H]1NC(=O)N(Cc2ccccc2)c2c(F)cccc21. The van der Waals surface area contributed by atoms with Crippen LogP contribution in [0.25, 0.3) is 0 Å². The van der Waals surface area contributed by atoms with Crippen molar-refractivity contribution in [1.29, 1.82) is 0 Å². The number of para-hydroxylation sites is 1. The number of urea groups is 1. The molecule has 1 atom stereocenters. The van der Waals surface area contributed by atoms with Crippen molar-refractivity contribution in [3.8, 4) is 0 Å². The Hall–Kier alpha value is -2.89. The maximum absolute atomic E-state index is 14.5. The van der Waals surface area contributed by atoms with Gasteiger partial charge in [-0.15, -0.1) is 0 Å². The fourth-order valence-electron chi connectivity index (χ4n) is 2.83. The van der Waals surface area contributed by atoms with Crippen LogP contribution in [-0.2, 0) is 16.1 Å². The number of carbonyl (C=O) groups excluding carboxylic acids is 2. The number of amides is 2. The minimum Gasteiger partial charge on any atom is -0.469 e. The Morgan fingerprint density at radius 2 is 1.96 bits per heavy atom. The van der Waals surface area contributed by atoms with Crippen LogP contribution in [-0.4, -0.2) is 19.1 Å². The van der Waals surface area contributed by atoms with Gasteiger partial charge in [0.05, 0.1) is 31.8 Å². The van der Waals surface area contributed by atoms with E-state index in [2.05, 4.69) is 10.1 Å². The van der Waals surface area contributed by atoms with Gasteiger partial charge >= 0.3 is 12.0 Å². The normalized spacial score (nSPS) is 16.3. The van der Waals surface area contributed by atoms with Gasteiger partial charge in [-0.25, -0.2) is 9.18 Å². The van der Waals surface area contributed by atoms with E-state index in [1.807, 2.05) is 30.3 Å². The molecule has 2 aromatic rings. The lowest BCUT2D eigenvalue weighted by Crippen LogP contribution is -2.47. The van der Waals surface area contributed by atoms with Crippen molar-refractivity contribution in [3.63, 3.8) is 0 Å². The molecule has 1 N–H and O–H groups in total. The summed E-state index contributed by atoms with van der Waals surface area (Å²) in [4.78, 5) is 25.4. The molecule has 0 unspecified atom stereocenters. The van der Waals surface area contributed by atoms with Gasteiger partial charge in [0.2, 0.25) is 0 Å². The smallest absolute Gasteiger partial charge is 0.322 e. The van der Waals surface area contributed by atoms with E-state index in [0.717, 1.165) is 5.56 Å². The highest BCUT2D eigenvalue weighted by Gasteiger charge is 2.34. The number of carbonyl (C=O) groups is 2. The first-order valence-corrected chi connectivity index (χ1v) is 7.57. The Morgan fingerprint density at radius 1 is 1.21 bits per heavy atom. The number of halogens is 1. The molecule has 2 aromatic carbocycles. The number of hydrogen-bond donors (Lipinski definition) is 1. The van der Waals surface area contributed by atoms with Crippen molar-refractivity contribution in [2.45, 2.75) is 19.0 Å². The molecule has 0 aromatic heterocycles. The van der Waals surface area contributed by atoms with E-state index >= 15 is 0 Å². The lowest BCUT2D eigenvalue weighted by Gasteiger charge is -2.35. The summed E-state index contributed by atoms with van der Waals surface area (Å²) in [5.74, 6) is -0.958. The van der Waals surface area contributed by atoms with E-state index in [4.69, 9.17) is 0 Å². The lowest BCUT2D eigenvalue weighted by molar-refractivity contribution is -0.141. The Kier molecular flexibility index (Phi) is 4.46. The van der Waals surface area contributed by atoms with E-state index in [1.165, 1.54) is 18.1 Å².